The molecule has 2 aromatic carbocycles. The predicted octanol–water partition coefficient (Wildman–Crippen LogP) is 1.24. The van der Waals surface area contributed by atoms with Crippen molar-refractivity contribution in [3.05, 3.63) is 66.2 Å². The monoisotopic (exact) mass is 470 g/mol. The summed E-state index contributed by atoms with van der Waals surface area (Å²) in [7, 11) is -3.03. The van der Waals surface area contributed by atoms with Gasteiger partial charge in [-0.3, -0.25) is 19.4 Å². The first kappa shape index (κ1) is 23.4. The van der Waals surface area contributed by atoms with E-state index in [0.29, 0.717) is 39.3 Å². The number of carbonyl (C=O) groups is 2. The zero-order valence-corrected chi connectivity index (χ0v) is 19.4. The van der Waals surface area contributed by atoms with Crippen molar-refractivity contribution in [3.8, 4) is 0 Å². The van der Waals surface area contributed by atoms with E-state index in [1.165, 1.54) is 0 Å². The fraction of sp³-hybridized carbons (Fsp3) is 0.417. The zero-order valence-electron chi connectivity index (χ0n) is 18.6. The molecule has 4 rings (SSSR count). The van der Waals surface area contributed by atoms with Gasteiger partial charge >= 0.3 is 0 Å². The van der Waals surface area contributed by atoms with Gasteiger partial charge in [-0.15, -0.1) is 0 Å². The normalized spacial score (nSPS) is 20.2. The Bertz CT molecular complexity index is 1040. The number of hydrogen-bond acceptors (Lipinski definition) is 6. The van der Waals surface area contributed by atoms with E-state index in [9.17, 15) is 18.0 Å². The Morgan fingerprint density at radius 3 is 2.00 bits per heavy atom. The van der Waals surface area contributed by atoms with Gasteiger partial charge in [-0.25, -0.2) is 8.42 Å². The van der Waals surface area contributed by atoms with E-state index >= 15 is 0 Å². The number of nitrogens with zero attached hydrogens (tertiary/aromatic N) is 3. The van der Waals surface area contributed by atoms with Crippen LogP contribution in [0.1, 0.15) is 11.6 Å². The fourth-order valence-corrected chi connectivity index (χ4v) is 5.58. The molecule has 0 radical (unpaired) electrons. The lowest BCUT2D eigenvalue weighted by molar-refractivity contribution is -0.139. The van der Waals surface area contributed by atoms with Crippen LogP contribution in [0.4, 0.5) is 5.69 Å². The molecule has 1 atom stereocenters. The minimum atomic E-state index is -3.03. The van der Waals surface area contributed by atoms with Crippen LogP contribution in [0.5, 0.6) is 0 Å². The van der Waals surface area contributed by atoms with Crippen LogP contribution in [0.3, 0.4) is 0 Å². The molecule has 2 fully saturated rings. The van der Waals surface area contributed by atoms with Crippen molar-refractivity contribution in [2.24, 2.45) is 0 Å². The van der Waals surface area contributed by atoms with Crippen LogP contribution in [-0.4, -0.2) is 92.3 Å². The summed E-state index contributed by atoms with van der Waals surface area (Å²) in [6, 6.07) is 18.4. The fourth-order valence-electron chi connectivity index (χ4n) is 4.35. The highest BCUT2D eigenvalue weighted by Gasteiger charge is 2.36. The van der Waals surface area contributed by atoms with Crippen LogP contribution in [0.15, 0.2) is 60.7 Å². The van der Waals surface area contributed by atoms with Gasteiger partial charge in [0, 0.05) is 45.0 Å². The molecule has 2 saturated heterocycles. The van der Waals surface area contributed by atoms with Gasteiger partial charge in [-0.1, -0.05) is 48.5 Å². The van der Waals surface area contributed by atoms with Gasteiger partial charge < -0.3 is 10.2 Å². The van der Waals surface area contributed by atoms with Gasteiger partial charge in [-0.05, 0) is 17.7 Å². The van der Waals surface area contributed by atoms with Gasteiger partial charge in [0.05, 0.1) is 18.1 Å². The molecule has 176 valence electrons. The van der Waals surface area contributed by atoms with Gasteiger partial charge in [0.25, 0.3) is 0 Å². The molecule has 0 saturated carbocycles. The molecule has 2 aromatic rings. The molecular formula is C24H30N4O4S. The van der Waals surface area contributed by atoms with Crippen molar-refractivity contribution >= 4 is 27.3 Å². The van der Waals surface area contributed by atoms with Crippen LogP contribution >= 0.6 is 0 Å². The third-order valence-electron chi connectivity index (χ3n) is 6.20. The molecule has 0 aliphatic carbocycles. The van der Waals surface area contributed by atoms with Crippen molar-refractivity contribution in [3.63, 3.8) is 0 Å². The van der Waals surface area contributed by atoms with E-state index in [0.717, 1.165) is 11.3 Å². The summed E-state index contributed by atoms with van der Waals surface area (Å²) in [6.07, 6.45) is 0. The summed E-state index contributed by atoms with van der Waals surface area (Å²) in [5.74, 6) is 0.0773. The molecule has 2 aliphatic rings. The molecule has 1 unspecified atom stereocenters. The lowest BCUT2D eigenvalue weighted by Crippen LogP contribution is -2.54. The minimum absolute atomic E-state index is 0.00566. The average Bonchev–Trinajstić information content (AvgIpc) is 2.82. The van der Waals surface area contributed by atoms with Gasteiger partial charge in [0.2, 0.25) is 11.8 Å². The summed E-state index contributed by atoms with van der Waals surface area (Å²) in [5.41, 5.74) is 1.65. The van der Waals surface area contributed by atoms with Crippen molar-refractivity contribution in [1.29, 1.82) is 0 Å². The maximum atomic E-state index is 13.6. The number of hydrogen-bond donors (Lipinski definition) is 1. The minimum Gasteiger partial charge on any atom is -0.338 e. The first-order valence-corrected chi connectivity index (χ1v) is 13.1. The number of carbonyl (C=O) groups excluding carboxylic acids is 2. The topological polar surface area (TPSA) is 90.0 Å². The average molecular weight is 471 g/mol. The van der Waals surface area contributed by atoms with Crippen molar-refractivity contribution < 1.29 is 18.0 Å². The number of benzene rings is 2. The summed E-state index contributed by atoms with van der Waals surface area (Å²) in [5, 5.41) is 2.90. The lowest BCUT2D eigenvalue weighted by atomic mass is 10.0. The zero-order chi connectivity index (χ0) is 23.3. The molecular weight excluding hydrogens is 440 g/mol. The van der Waals surface area contributed by atoms with Crippen molar-refractivity contribution in [2.45, 2.75) is 6.04 Å². The third kappa shape index (κ3) is 6.19. The standard InChI is InChI=1S/C24H30N4O4S/c29-22(25-21-9-5-2-6-10-21)19-26-11-13-28(14-12-26)24(30)23(20-7-3-1-4-8-20)27-15-17-33(31,32)18-16-27/h1-10,23H,11-19H2,(H,25,29). The lowest BCUT2D eigenvalue weighted by Gasteiger charge is -2.40. The Hall–Kier alpha value is -2.75. The van der Waals surface area contributed by atoms with Crippen LogP contribution in [0.25, 0.3) is 0 Å². The number of nitrogens with one attached hydrogen (secondary N) is 1. The Kier molecular flexibility index (Phi) is 7.42. The highest BCUT2D eigenvalue weighted by Crippen LogP contribution is 2.26. The molecule has 2 amide bonds. The molecule has 9 heteroatoms. The molecule has 0 spiro atoms. The molecule has 33 heavy (non-hydrogen) atoms. The second-order valence-electron chi connectivity index (χ2n) is 8.52. The number of para-hydroxylation sites is 1. The number of sulfone groups is 1. The first-order chi connectivity index (χ1) is 15.9. The molecule has 8 nitrogen and oxygen atoms in total. The molecule has 2 heterocycles. The first-order valence-electron chi connectivity index (χ1n) is 11.3. The molecule has 0 aromatic heterocycles. The third-order valence-corrected chi connectivity index (χ3v) is 7.81. The summed E-state index contributed by atoms with van der Waals surface area (Å²) >= 11 is 0. The summed E-state index contributed by atoms with van der Waals surface area (Å²) < 4.78 is 23.8. The number of amides is 2. The largest absolute Gasteiger partial charge is 0.338 e. The smallest absolute Gasteiger partial charge is 0.244 e. The Balaban J connectivity index is 1.36. The number of rotatable bonds is 6. The predicted molar refractivity (Wildman–Crippen MR) is 128 cm³/mol. The molecule has 2 aliphatic heterocycles. The highest BCUT2D eigenvalue weighted by molar-refractivity contribution is 7.91. The Morgan fingerprint density at radius 1 is 0.818 bits per heavy atom. The van der Waals surface area contributed by atoms with Crippen molar-refractivity contribution in [2.75, 3.05) is 62.6 Å². The van der Waals surface area contributed by atoms with E-state index < -0.39 is 15.9 Å². The van der Waals surface area contributed by atoms with E-state index in [-0.39, 0.29) is 29.9 Å². The Labute approximate surface area is 195 Å². The number of anilines is 1. The molecule has 1 N–H and O–H groups in total. The Morgan fingerprint density at radius 2 is 1.39 bits per heavy atom. The van der Waals surface area contributed by atoms with Gasteiger partial charge in [0.15, 0.2) is 9.84 Å². The van der Waals surface area contributed by atoms with E-state index in [2.05, 4.69) is 5.32 Å². The number of piperazine rings is 1. The van der Waals surface area contributed by atoms with Gasteiger partial charge in [-0.2, -0.15) is 0 Å². The second-order valence-corrected chi connectivity index (χ2v) is 10.8. The van der Waals surface area contributed by atoms with Crippen LogP contribution in [0.2, 0.25) is 0 Å². The second kappa shape index (κ2) is 10.5. The maximum Gasteiger partial charge on any atom is 0.244 e. The molecule has 0 bridgehead atoms. The van der Waals surface area contributed by atoms with Gasteiger partial charge in [0.1, 0.15) is 6.04 Å². The summed E-state index contributed by atoms with van der Waals surface area (Å²) in [4.78, 5) is 31.8. The maximum absolute atomic E-state index is 13.6. The highest BCUT2D eigenvalue weighted by atomic mass is 32.2. The van der Waals surface area contributed by atoms with E-state index in [1.807, 2.05) is 75.4 Å². The van der Waals surface area contributed by atoms with Crippen LogP contribution in [-0.2, 0) is 19.4 Å². The van der Waals surface area contributed by atoms with E-state index in [1.54, 1.807) is 0 Å². The van der Waals surface area contributed by atoms with Crippen LogP contribution in [0, 0.1) is 0 Å². The summed E-state index contributed by atoms with van der Waals surface area (Å²) in [6.45, 7) is 3.29. The quantitative estimate of drug-likeness (QED) is 0.683. The SMILES string of the molecule is O=C(CN1CCN(C(=O)C(c2ccccc2)N2CCS(=O)(=O)CC2)CC1)Nc1ccccc1. The van der Waals surface area contributed by atoms with E-state index in [4.69, 9.17) is 0 Å². The van der Waals surface area contributed by atoms with Crippen molar-refractivity contribution in [1.82, 2.24) is 14.7 Å². The van der Waals surface area contributed by atoms with Crippen LogP contribution < -0.4 is 5.32 Å².